The standard InChI is InChI=1S/C20H28O4/c1-13-5-8-16-19(2,9-4-10-20(16,3)18(22)23)15(13)7-6-14-11-17(21)24-12-14/h11,15-16H,1,4-10,12H2,2-3H3,(H,22,23)/t15-,16+,19+,20-/m1/s1. The molecule has 4 nitrogen and oxygen atoms in total. The average Bonchev–Trinajstić information content (AvgIpc) is 2.91. The summed E-state index contributed by atoms with van der Waals surface area (Å²) in [6.45, 7) is 8.94. The van der Waals surface area contributed by atoms with Gasteiger partial charge in [-0.05, 0) is 68.3 Å². The maximum Gasteiger partial charge on any atom is 0.331 e. The summed E-state index contributed by atoms with van der Waals surface area (Å²) < 4.78 is 5.00. The van der Waals surface area contributed by atoms with Crippen LogP contribution in [0, 0.1) is 22.7 Å². The van der Waals surface area contributed by atoms with Gasteiger partial charge in [-0.1, -0.05) is 25.5 Å². The number of cyclic esters (lactones) is 1. The molecule has 24 heavy (non-hydrogen) atoms. The van der Waals surface area contributed by atoms with Crippen LogP contribution < -0.4 is 0 Å². The molecule has 1 heterocycles. The first kappa shape index (κ1) is 17.2. The summed E-state index contributed by atoms with van der Waals surface area (Å²) in [5.74, 6) is -0.371. The number of esters is 1. The molecule has 0 radical (unpaired) electrons. The van der Waals surface area contributed by atoms with Crippen molar-refractivity contribution in [2.24, 2.45) is 22.7 Å². The van der Waals surface area contributed by atoms with Gasteiger partial charge < -0.3 is 9.84 Å². The fourth-order valence-electron chi connectivity index (χ4n) is 5.63. The first-order valence-electron chi connectivity index (χ1n) is 9.04. The Morgan fingerprint density at radius 3 is 2.79 bits per heavy atom. The van der Waals surface area contributed by atoms with Gasteiger partial charge in [-0.3, -0.25) is 4.79 Å². The molecule has 4 atom stereocenters. The molecule has 0 bridgehead atoms. The van der Waals surface area contributed by atoms with Gasteiger partial charge in [0.15, 0.2) is 0 Å². The summed E-state index contributed by atoms with van der Waals surface area (Å²) in [5.41, 5.74) is 1.67. The molecule has 3 aliphatic rings. The van der Waals surface area contributed by atoms with Gasteiger partial charge >= 0.3 is 11.9 Å². The van der Waals surface area contributed by atoms with Crippen LogP contribution in [0.1, 0.15) is 58.8 Å². The molecule has 2 saturated carbocycles. The van der Waals surface area contributed by atoms with Gasteiger partial charge in [0.1, 0.15) is 6.61 Å². The van der Waals surface area contributed by atoms with Crippen molar-refractivity contribution in [3.8, 4) is 0 Å². The van der Waals surface area contributed by atoms with Crippen molar-refractivity contribution < 1.29 is 19.4 Å². The normalized spacial score (nSPS) is 39.2. The van der Waals surface area contributed by atoms with E-state index in [4.69, 9.17) is 4.74 Å². The van der Waals surface area contributed by atoms with Crippen molar-refractivity contribution in [3.63, 3.8) is 0 Å². The van der Waals surface area contributed by atoms with Gasteiger partial charge in [0.05, 0.1) is 5.41 Å². The van der Waals surface area contributed by atoms with E-state index < -0.39 is 11.4 Å². The van der Waals surface area contributed by atoms with Crippen molar-refractivity contribution in [2.45, 2.75) is 58.8 Å². The van der Waals surface area contributed by atoms with E-state index in [1.807, 2.05) is 6.92 Å². The summed E-state index contributed by atoms with van der Waals surface area (Å²) in [7, 11) is 0. The smallest absolute Gasteiger partial charge is 0.331 e. The molecule has 4 heteroatoms. The fraction of sp³-hybridized carbons (Fsp3) is 0.700. The quantitative estimate of drug-likeness (QED) is 0.621. The van der Waals surface area contributed by atoms with Crippen LogP contribution >= 0.6 is 0 Å². The van der Waals surface area contributed by atoms with E-state index in [1.165, 1.54) is 5.57 Å². The third-order valence-corrected chi connectivity index (χ3v) is 6.98. The van der Waals surface area contributed by atoms with Crippen molar-refractivity contribution >= 4 is 11.9 Å². The molecule has 0 amide bonds. The van der Waals surface area contributed by atoms with Crippen LogP contribution in [-0.2, 0) is 14.3 Å². The third kappa shape index (κ3) is 2.70. The second-order valence-corrected chi connectivity index (χ2v) is 8.33. The van der Waals surface area contributed by atoms with Crippen LogP contribution in [0.5, 0.6) is 0 Å². The Morgan fingerprint density at radius 1 is 1.42 bits per heavy atom. The summed E-state index contributed by atoms with van der Waals surface area (Å²) in [6, 6.07) is 0. The minimum absolute atomic E-state index is 0.00917. The van der Waals surface area contributed by atoms with Gasteiger partial charge in [-0.25, -0.2) is 4.79 Å². The molecule has 1 aliphatic heterocycles. The Kier molecular flexibility index (Phi) is 4.35. The number of allylic oxidation sites excluding steroid dienone is 1. The van der Waals surface area contributed by atoms with Crippen molar-refractivity contribution in [1.82, 2.24) is 0 Å². The van der Waals surface area contributed by atoms with Crippen molar-refractivity contribution in [2.75, 3.05) is 6.61 Å². The fourth-order valence-corrected chi connectivity index (χ4v) is 5.63. The molecule has 132 valence electrons. The zero-order valence-corrected chi connectivity index (χ0v) is 14.8. The zero-order valence-electron chi connectivity index (χ0n) is 14.8. The molecule has 0 aromatic rings. The van der Waals surface area contributed by atoms with Gasteiger partial charge in [0.25, 0.3) is 0 Å². The number of carboxylic acid groups (broad SMARTS) is 1. The first-order valence-corrected chi connectivity index (χ1v) is 9.04. The molecule has 0 aromatic heterocycles. The average molecular weight is 332 g/mol. The van der Waals surface area contributed by atoms with E-state index in [9.17, 15) is 14.7 Å². The zero-order chi connectivity index (χ0) is 17.5. The molecule has 0 unspecified atom stereocenters. The molecule has 2 fully saturated rings. The summed E-state index contributed by atoms with van der Waals surface area (Å²) in [4.78, 5) is 23.2. The Balaban J connectivity index is 1.82. The summed E-state index contributed by atoms with van der Waals surface area (Å²) in [5, 5.41) is 9.85. The van der Waals surface area contributed by atoms with E-state index in [0.717, 1.165) is 50.5 Å². The first-order chi connectivity index (χ1) is 11.3. The molecule has 0 spiro atoms. The molecular formula is C20H28O4. The number of carbonyl (C=O) groups is 2. The molecule has 0 saturated heterocycles. The lowest BCUT2D eigenvalue weighted by molar-refractivity contribution is -0.164. The second kappa shape index (κ2) is 6.05. The lowest BCUT2D eigenvalue weighted by Gasteiger charge is -2.57. The molecular weight excluding hydrogens is 304 g/mol. The van der Waals surface area contributed by atoms with E-state index in [0.29, 0.717) is 12.5 Å². The lowest BCUT2D eigenvalue weighted by atomic mass is 9.46. The highest BCUT2D eigenvalue weighted by molar-refractivity contribution is 5.85. The number of carbonyl (C=O) groups excluding carboxylic acids is 1. The molecule has 2 aliphatic carbocycles. The van der Waals surface area contributed by atoms with Crippen LogP contribution in [0.3, 0.4) is 0 Å². The summed E-state index contributed by atoms with van der Waals surface area (Å²) >= 11 is 0. The predicted molar refractivity (Wildman–Crippen MR) is 91.3 cm³/mol. The van der Waals surface area contributed by atoms with E-state index in [1.54, 1.807) is 6.08 Å². The van der Waals surface area contributed by atoms with E-state index in [2.05, 4.69) is 13.5 Å². The minimum Gasteiger partial charge on any atom is -0.481 e. The Hall–Kier alpha value is -1.58. The molecule has 0 aromatic carbocycles. The minimum atomic E-state index is -0.651. The van der Waals surface area contributed by atoms with Crippen molar-refractivity contribution in [1.29, 1.82) is 0 Å². The summed E-state index contributed by atoms with van der Waals surface area (Å²) in [6.07, 6.45) is 8.03. The van der Waals surface area contributed by atoms with Crippen LogP contribution in [-0.4, -0.2) is 23.7 Å². The SMILES string of the molecule is C=C1CC[C@H]2[C@@](C)(CCC[C@@]2(C)C(=O)O)[C@@H]1CCC1=CC(=O)OC1. The maximum absolute atomic E-state index is 12.0. The van der Waals surface area contributed by atoms with Gasteiger partial charge in [-0.15, -0.1) is 0 Å². The Bertz CT molecular complexity index is 605. The van der Waals surface area contributed by atoms with E-state index >= 15 is 0 Å². The van der Waals surface area contributed by atoms with Gasteiger partial charge in [0.2, 0.25) is 0 Å². The topological polar surface area (TPSA) is 63.6 Å². The van der Waals surface area contributed by atoms with Crippen molar-refractivity contribution in [3.05, 3.63) is 23.8 Å². The number of hydrogen-bond donors (Lipinski definition) is 1. The van der Waals surface area contributed by atoms with Crippen LogP contribution in [0.2, 0.25) is 0 Å². The lowest BCUT2D eigenvalue weighted by Crippen LogP contribution is -2.53. The highest BCUT2D eigenvalue weighted by atomic mass is 16.5. The molecule has 1 N–H and O–H groups in total. The largest absolute Gasteiger partial charge is 0.481 e. The Morgan fingerprint density at radius 2 is 2.17 bits per heavy atom. The van der Waals surface area contributed by atoms with Gasteiger partial charge in [0, 0.05) is 6.08 Å². The Labute approximate surface area is 144 Å². The highest BCUT2D eigenvalue weighted by Crippen LogP contribution is 2.62. The number of ether oxygens (including phenoxy) is 1. The number of aliphatic carboxylic acids is 1. The second-order valence-electron chi connectivity index (χ2n) is 8.33. The number of rotatable bonds is 4. The highest BCUT2D eigenvalue weighted by Gasteiger charge is 2.57. The van der Waals surface area contributed by atoms with Crippen LogP contribution in [0.4, 0.5) is 0 Å². The third-order valence-electron chi connectivity index (χ3n) is 6.98. The van der Waals surface area contributed by atoms with Crippen LogP contribution in [0.25, 0.3) is 0 Å². The molecule has 3 rings (SSSR count). The van der Waals surface area contributed by atoms with Crippen LogP contribution in [0.15, 0.2) is 23.8 Å². The maximum atomic E-state index is 12.0. The monoisotopic (exact) mass is 332 g/mol. The predicted octanol–water partition coefficient (Wildman–Crippen LogP) is 4.11. The number of fused-ring (bicyclic) bond motifs is 1. The van der Waals surface area contributed by atoms with Gasteiger partial charge in [-0.2, -0.15) is 0 Å². The number of hydrogen-bond acceptors (Lipinski definition) is 3. The van der Waals surface area contributed by atoms with E-state index in [-0.39, 0.29) is 17.3 Å². The number of carboxylic acids is 1.